The number of methoxy groups -OCH3 is 1. The Balaban J connectivity index is 5.12. The Kier molecular flexibility index (Phi) is 7.21. The summed E-state index contributed by atoms with van der Waals surface area (Å²) in [4.78, 5) is 22.8. The molecule has 0 saturated heterocycles. The van der Waals surface area contributed by atoms with Crippen molar-refractivity contribution in [3.05, 3.63) is 0 Å². The molecule has 0 saturated carbocycles. The lowest BCUT2D eigenvalue weighted by molar-refractivity contribution is -0.189. The molecule has 0 unspecified atom stereocenters. The van der Waals surface area contributed by atoms with Gasteiger partial charge in [-0.1, -0.05) is 13.8 Å². The summed E-state index contributed by atoms with van der Waals surface area (Å²) in [5.74, 6) is -6.11. The van der Waals surface area contributed by atoms with E-state index in [-0.39, 0.29) is 12.3 Å². The van der Waals surface area contributed by atoms with Crippen molar-refractivity contribution in [2.75, 3.05) is 7.11 Å². The van der Waals surface area contributed by atoms with Gasteiger partial charge in [-0.25, -0.2) is 9.59 Å². The van der Waals surface area contributed by atoms with E-state index in [1.165, 1.54) is 0 Å². The quantitative estimate of drug-likeness (QED) is 0.731. The molecule has 2 atom stereocenters. The predicted octanol–water partition coefficient (Wildman–Crippen LogP) is 2.09. The van der Waals surface area contributed by atoms with Crippen LogP contribution in [0.25, 0.3) is 0 Å². The second-order valence-corrected chi connectivity index (χ2v) is 6.44. The van der Waals surface area contributed by atoms with Gasteiger partial charge < -0.3 is 19.9 Å². The number of alkyl carbamates (subject to hydrolysis) is 1. The monoisotopic (exact) mass is 325 g/mol. The van der Waals surface area contributed by atoms with Crippen LogP contribution in [-0.4, -0.2) is 47.9 Å². The topological polar surface area (TPSA) is 84.9 Å². The Morgan fingerprint density at radius 2 is 1.73 bits per heavy atom. The standard InChI is InChI=1S/C14H25F2NO5/c1-8(2)7-9(17-12(20)22-13(3,4)5)10(18)14(15,16)11(19)21-6/h8-10,18H,7H2,1-6H3,(H,17,20)/t9-,10+/m0/s1. The van der Waals surface area contributed by atoms with Crippen LogP contribution in [0.1, 0.15) is 41.0 Å². The molecule has 0 spiro atoms. The fraction of sp³-hybridized carbons (Fsp3) is 0.857. The number of esters is 1. The molecule has 0 aliphatic carbocycles. The molecule has 0 aromatic carbocycles. The van der Waals surface area contributed by atoms with Crippen LogP contribution in [0.4, 0.5) is 13.6 Å². The number of carbonyl (C=O) groups is 2. The Hall–Kier alpha value is -1.44. The lowest BCUT2D eigenvalue weighted by atomic mass is 9.95. The summed E-state index contributed by atoms with van der Waals surface area (Å²) in [6, 6.07) is -1.36. The number of hydrogen-bond acceptors (Lipinski definition) is 5. The van der Waals surface area contributed by atoms with E-state index in [2.05, 4.69) is 10.1 Å². The van der Waals surface area contributed by atoms with E-state index >= 15 is 0 Å². The van der Waals surface area contributed by atoms with Crippen LogP contribution in [-0.2, 0) is 14.3 Å². The van der Waals surface area contributed by atoms with Crippen LogP contribution in [0, 0.1) is 5.92 Å². The van der Waals surface area contributed by atoms with Crippen LogP contribution >= 0.6 is 0 Å². The van der Waals surface area contributed by atoms with Gasteiger partial charge in [-0.2, -0.15) is 8.78 Å². The van der Waals surface area contributed by atoms with E-state index in [0.29, 0.717) is 0 Å². The van der Waals surface area contributed by atoms with E-state index in [4.69, 9.17) is 4.74 Å². The molecular weight excluding hydrogens is 300 g/mol. The van der Waals surface area contributed by atoms with Crippen molar-refractivity contribution in [1.29, 1.82) is 0 Å². The molecule has 6 nitrogen and oxygen atoms in total. The Labute approximate surface area is 129 Å². The minimum atomic E-state index is -4.14. The van der Waals surface area contributed by atoms with E-state index in [1.807, 2.05) is 0 Å². The number of carbonyl (C=O) groups excluding carboxylic acids is 2. The van der Waals surface area contributed by atoms with Gasteiger partial charge in [0.15, 0.2) is 0 Å². The van der Waals surface area contributed by atoms with Gasteiger partial charge in [-0.15, -0.1) is 0 Å². The molecule has 0 radical (unpaired) electrons. The normalized spacial score (nSPS) is 15.2. The lowest BCUT2D eigenvalue weighted by Crippen LogP contribution is -2.56. The SMILES string of the molecule is COC(=O)C(F)(F)[C@H](O)[C@H](CC(C)C)NC(=O)OC(C)(C)C. The highest BCUT2D eigenvalue weighted by molar-refractivity contribution is 5.78. The number of aliphatic hydroxyl groups is 1. The highest BCUT2D eigenvalue weighted by Gasteiger charge is 2.51. The summed E-state index contributed by atoms with van der Waals surface area (Å²) in [6.45, 7) is 8.30. The molecule has 0 aliphatic heterocycles. The van der Waals surface area contributed by atoms with Crippen molar-refractivity contribution in [1.82, 2.24) is 5.32 Å². The van der Waals surface area contributed by atoms with E-state index < -0.39 is 35.7 Å². The van der Waals surface area contributed by atoms with Gasteiger partial charge in [0.05, 0.1) is 13.2 Å². The second kappa shape index (κ2) is 7.71. The van der Waals surface area contributed by atoms with Crippen molar-refractivity contribution in [2.45, 2.75) is 64.7 Å². The first kappa shape index (κ1) is 20.6. The summed E-state index contributed by atoms with van der Waals surface area (Å²) >= 11 is 0. The largest absolute Gasteiger partial charge is 0.465 e. The van der Waals surface area contributed by atoms with Crippen molar-refractivity contribution in [2.24, 2.45) is 5.92 Å². The Morgan fingerprint density at radius 3 is 2.09 bits per heavy atom. The van der Waals surface area contributed by atoms with Crippen LogP contribution < -0.4 is 5.32 Å². The number of hydrogen-bond donors (Lipinski definition) is 2. The molecular formula is C14H25F2NO5. The summed E-state index contributed by atoms with van der Waals surface area (Å²) in [7, 11) is 0.793. The minimum Gasteiger partial charge on any atom is -0.465 e. The molecule has 0 bridgehead atoms. The van der Waals surface area contributed by atoms with Gasteiger partial charge in [0.25, 0.3) is 0 Å². The average Bonchev–Trinajstić information content (AvgIpc) is 2.32. The molecule has 0 aromatic heterocycles. The molecule has 8 heteroatoms. The number of nitrogens with one attached hydrogen (secondary N) is 1. The molecule has 0 aliphatic rings. The van der Waals surface area contributed by atoms with Crippen molar-refractivity contribution < 1.29 is 33.0 Å². The Bertz CT molecular complexity index is 393. The zero-order valence-corrected chi connectivity index (χ0v) is 13.8. The molecule has 0 heterocycles. The van der Waals surface area contributed by atoms with Crippen molar-refractivity contribution >= 4 is 12.1 Å². The zero-order valence-electron chi connectivity index (χ0n) is 13.8. The van der Waals surface area contributed by atoms with Crippen LogP contribution in [0.2, 0.25) is 0 Å². The summed E-state index contributed by atoms with van der Waals surface area (Å²) in [5, 5.41) is 12.0. The highest BCUT2D eigenvalue weighted by atomic mass is 19.3. The Morgan fingerprint density at radius 1 is 1.23 bits per heavy atom. The van der Waals surface area contributed by atoms with Gasteiger partial charge in [0, 0.05) is 0 Å². The van der Waals surface area contributed by atoms with Gasteiger partial charge in [-0.05, 0) is 33.1 Å². The smallest absolute Gasteiger partial charge is 0.407 e. The van der Waals surface area contributed by atoms with Crippen LogP contribution in [0.15, 0.2) is 0 Å². The minimum absolute atomic E-state index is 0.0347. The maximum Gasteiger partial charge on any atom is 0.407 e. The van der Waals surface area contributed by atoms with Crippen LogP contribution in [0.5, 0.6) is 0 Å². The predicted molar refractivity (Wildman–Crippen MR) is 75.6 cm³/mol. The number of aliphatic hydroxyl groups excluding tert-OH is 1. The first-order chi connectivity index (χ1) is 9.81. The molecule has 1 amide bonds. The maximum atomic E-state index is 13.8. The number of alkyl halides is 2. The third-order valence-corrected chi connectivity index (χ3v) is 2.64. The van der Waals surface area contributed by atoms with E-state index in [0.717, 1.165) is 7.11 Å². The molecule has 0 rings (SSSR count). The number of amides is 1. The first-order valence-corrected chi connectivity index (χ1v) is 6.95. The number of halogens is 2. The fourth-order valence-corrected chi connectivity index (χ4v) is 1.74. The molecule has 22 heavy (non-hydrogen) atoms. The number of rotatable bonds is 6. The molecule has 0 aromatic rings. The highest BCUT2D eigenvalue weighted by Crippen LogP contribution is 2.26. The summed E-state index contributed by atoms with van der Waals surface area (Å²) in [6.07, 6.45) is -3.33. The third-order valence-electron chi connectivity index (χ3n) is 2.64. The van der Waals surface area contributed by atoms with Crippen molar-refractivity contribution in [3.8, 4) is 0 Å². The van der Waals surface area contributed by atoms with Gasteiger partial charge in [0.2, 0.25) is 0 Å². The van der Waals surface area contributed by atoms with Gasteiger partial charge in [0.1, 0.15) is 11.7 Å². The maximum absolute atomic E-state index is 13.8. The van der Waals surface area contributed by atoms with Crippen molar-refractivity contribution in [3.63, 3.8) is 0 Å². The summed E-state index contributed by atoms with van der Waals surface area (Å²) < 4.78 is 36.5. The first-order valence-electron chi connectivity index (χ1n) is 6.95. The second-order valence-electron chi connectivity index (χ2n) is 6.44. The van der Waals surface area contributed by atoms with E-state index in [9.17, 15) is 23.5 Å². The molecule has 0 fully saturated rings. The molecule has 2 N–H and O–H groups in total. The third kappa shape index (κ3) is 6.55. The lowest BCUT2D eigenvalue weighted by Gasteiger charge is -2.30. The zero-order chi connectivity index (χ0) is 17.7. The van der Waals surface area contributed by atoms with Crippen LogP contribution in [0.3, 0.4) is 0 Å². The average molecular weight is 325 g/mol. The summed E-state index contributed by atoms with van der Waals surface area (Å²) in [5.41, 5.74) is -0.817. The fourth-order valence-electron chi connectivity index (χ4n) is 1.74. The number of ether oxygens (including phenoxy) is 2. The molecule has 130 valence electrons. The van der Waals surface area contributed by atoms with Gasteiger partial charge in [-0.3, -0.25) is 0 Å². The van der Waals surface area contributed by atoms with E-state index in [1.54, 1.807) is 34.6 Å². The van der Waals surface area contributed by atoms with Gasteiger partial charge >= 0.3 is 18.0 Å².